The Morgan fingerprint density at radius 3 is 3.00 bits per heavy atom. The van der Waals surface area contributed by atoms with E-state index in [4.69, 9.17) is 26.2 Å². The summed E-state index contributed by atoms with van der Waals surface area (Å²) in [5, 5.41) is 17.4. The largest absolute Gasteiger partial charge is 0.486 e. The Kier molecular flexibility index (Phi) is 3.75. The molecule has 6 nitrogen and oxygen atoms in total. The average molecular weight is 296 g/mol. The zero-order valence-corrected chi connectivity index (χ0v) is 11.5. The van der Waals surface area contributed by atoms with Crippen LogP contribution in [0.25, 0.3) is 0 Å². The summed E-state index contributed by atoms with van der Waals surface area (Å²) in [5.41, 5.74) is 1.72. The van der Waals surface area contributed by atoms with Gasteiger partial charge in [0.1, 0.15) is 13.2 Å². The van der Waals surface area contributed by atoms with Gasteiger partial charge in [0.2, 0.25) is 0 Å². The molecule has 1 aromatic heterocycles. The summed E-state index contributed by atoms with van der Waals surface area (Å²) in [6.45, 7) is 1.64. The summed E-state index contributed by atoms with van der Waals surface area (Å²) >= 11 is 6.19. The molecule has 1 aromatic carbocycles. The van der Waals surface area contributed by atoms with E-state index in [2.05, 4.69) is 10.3 Å². The van der Waals surface area contributed by atoms with Crippen molar-refractivity contribution >= 4 is 11.6 Å². The van der Waals surface area contributed by atoms with E-state index in [1.165, 1.54) is 0 Å². The van der Waals surface area contributed by atoms with Crippen molar-refractivity contribution in [2.75, 3.05) is 19.8 Å². The minimum atomic E-state index is 0.0640. The van der Waals surface area contributed by atoms with E-state index in [0.717, 1.165) is 11.3 Å². The first kappa shape index (κ1) is 13.2. The number of benzene rings is 1. The molecule has 1 aliphatic rings. The number of aliphatic hydroxyl groups excluding tert-OH is 1. The van der Waals surface area contributed by atoms with Crippen LogP contribution in [0.4, 0.5) is 0 Å². The standard InChI is InChI=1S/C13H14ClN3O3/c14-11-5-9(6-12-13(11)20-4-3-19-12)7-17-8-10(1-2-18)15-16-17/h5-6,8,18H,1-4,7H2. The third-order valence-corrected chi connectivity index (χ3v) is 3.24. The van der Waals surface area contributed by atoms with Crippen LogP contribution in [0.3, 0.4) is 0 Å². The lowest BCUT2D eigenvalue weighted by Crippen LogP contribution is -2.16. The highest BCUT2D eigenvalue weighted by molar-refractivity contribution is 6.32. The van der Waals surface area contributed by atoms with Gasteiger partial charge in [0.05, 0.1) is 17.3 Å². The number of ether oxygens (including phenoxy) is 2. The molecule has 7 heteroatoms. The van der Waals surface area contributed by atoms with Crippen LogP contribution in [0.15, 0.2) is 18.3 Å². The summed E-state index contributed by atoms with van der Waals surface area (Å²) in [7, 11) is 0. The molecular formula is C13H14ClN3O3. The van der Waals surface area contributed by atoms with Gasteiger partial charge in [-0.25, -0.2) is 4.68 Å². The molecule has 0 saturated heterocycles. The van der Waals surface area contributed by atoms with Crippen molar-refractivity contribution in [3.63, 3.8) is 0 Å². The SMILES string of the molecule is OCCc1cn(Cc2cc(Cl)c3c(c2)OCCO3)nn1. The fourth-order valence-corrected chi connectivity index (χ4v) is 2.38. The molecular weight excluding hydrogens is 282 g/mol. The predicted molar refractivity (Wildman–Crippen MR) is 72.4 cm³/mol. The van der Waals surface area contributed by atoms with E-state index in [0.29, 0.717) is 42.7 Å². The second kappa shape index (κ2) is 5.68. The zero-order valence-electron chi connectivity index (χ0n) is 10.8. The molecule has 0 amide bonds. The molecule has 0 spiro atoms. The molecule has 0 aliphatic carbocycles. The van der Waals surface area contributed by atoms with Crippen molar-refractivity contribution in [2.24, 2.45) is 0 Å². The minimum absolute atomic E-state index is 0.0640. The van der Waals surface area contributed by atoms with Crippen LogP contribution in [0.2, 0.25) is 5.02 Å². The topological polar surface area (TPSA) is 69.4 Å². The number of hydrogen-bond acceptors (Lipinski definition) is 5. The summed E-state index contributed by atoms with van der Waals surface area (Å²) in [6.07, 6.45) is 2.31. The van der Waals surface area contributed by atoms with Gasteiger partial charge in [-0.05, 0) is 17.7 Å². The van der Waals surface area contributed by atoms with Crippen molar-refractivity contribution in [1.82, 2.24) is 15.0 Å². The summed E-state index contributed by atoms with van der Waals surface area (Å²) < 4.78 is 12.7. The Labute approximate surface area is 120 Å². The zero-order chi connectivity index (χ0) is 13.9. The maximum atomic E-state index is 8.86. The van der Waals surface area contributed by atoms with E-state index >= 15 is 0 Å². The van der Waals surface area contributed by atoms with Gasteiger partial charge < -0.3 is 14.6 Å². The maximum Gasteiger partial charge on any atom is 0.179 e. The van der Waals surface area contributed by atoms with E-state index in [1.807, 2.05) is 12.1 Å². The minimum Gasteiger partial charge on any atom is -0.486 e. The van der Waals surface area contributed by atoms with Gasteiger partial charge in [-0.3, -0.25) is 0 Å². The smallest absolute Gasteiger partial charge is 0.179 e. The first-order valence-corrected chi connectivity index (χ1v) is 6.72. The lowest BCUT2D eigenvalue weighted by Gasteiger charge is -2.20. The van der Waals surface area contributed by atoms with Gasteiger partial charge in [0.25, 0.3) is 0 Å². The number of rotatable bonds is 4. The molecule has 0 saturated carbocycles. The Morgan fingerprint density at radius 1 is 1.30 bits per heavy atom. The van der Waals surface area contributed by atoms with Crippen LogP contribution in [0.1, 0.15) is 11.3 Å². The van der Waals surface area contributed by atoms with Gasteiger partial charge in [0.15, 0.2) is 11.5 Å². The second-order valence-electron chi connectivity index (χ2n) is 4.48. The van der Waals surface area contributed by atoms with Gasteiger partial charge in [-0.15, -0.1) is 5.10 Å². The average Bonchev–Trinajstić information content (AvgIpc) is 2.87. The maximum absolute atomic E-state index is 8.86. The lowest BCUT2D eigenvalue weighted by molar-refractivity contribution is 0.171. The Bertz CT molecular complexity index is 615. The highest BCUT2D eigenvalue weighted by Gasteiger charge is 2.16. The molecule has 2 aromatic rings. The second-order valence-corrected chi connectivity index (χ2v) is 4.89. The molecule has 0 radical (unpaired) electrons. The summed E-state index contributed by atoms with van der Waals surface area (Å²) in [6, 6.07) is 3.73. The molecule has 1 N–H and O–H groups in total. The van der Waals surface area contributed by atoms with Gasteiger partial charge in [0, 0.05) is 19.2 Å². The van der Waals surface area contributed by atoms with E-state index in [1.54, 1.807) is 10.9 Å². The monoisotopic (exact) mass is 295 g/mol. The highest BCUT2D eigenvalue weighted by atomic mass is 35.5. The Morgan fingerprint density at radius 2 is 2.15 bits per heavy atom. The van der Waals surface area contributed by atoms with Gasteiger partial charge in [-0.2, -0.15) is 0 Å². The molecule has 2 heterocycles. The molecule has 20 heavy (non-hydrogen) atoms. The molecule has 3 rings (SSSR count). The molecule has 0 unspecified atom stereocenters. The lowest BCUT2D eigenvalue weighted by atomic mass is 10.2. The molecule has 0 atom stereocenters. The molecule has 1 aliphatic heterocycles. The Hall–Kier alpha value is -1.79. The van der Waals surface area contributed by atoms with Crippen molar-refractivity contribution < 1.29 is 14.6 Å². The number of aliphatic hydroxyl groups is 1. The highest BCUT2D eigenvalue weighted by Crippen LogP contribution is 2.38. The normalized spacial score (nSPS) is 13.5. The molecule has 106 valence electrons. The quantitative estimate of drug-likeness (QED) is 0.920. The molecule has 0 fully saturated rings. The van der Waals surface area contributed by atoms with Crippen molar-refractivity contribution in [3.8, 4) is 11.5 Å². The van der Waals surface area contributed by atoms with Crippen LogP contribution in [0.5, 0.6) is 11.5 Å². The fourth-order valence-electron chi connectivity index (χ4n) is 2.09. The summed E-state index contributed by atoms with van der Waals surface area (Å²) in [5.74, 6) is 1.26. The number of hydrogen-bond donors (Lipinski definition) is 1. The van der Waals surface area contributed by atoms with Crippen LogP contribution in [-0.4, -0.2) is 39.9 Å². The van der Waals surface area contributed by atoms with Crippen molar-refractivity contribution in [1.29, 1.82) is 0 Å². The van der Waals surface area contributed by atoms with E-state index in [9.17, 15) is 0 Å². The van der Waals surface area contributed by atoms with Crippen LogP contribution < -0.4 is 9.47 Å². The predicted octanol–water partition coefficient (Wildman–Crippen LogP) is 1.29. The fraction of sp³-hybridized carbons (Fsp3) is 0.385. The number of aromatic nitrogens is 3. The number of halogens is 1. The van der Waals surface area contributed by atoms with Crippen LogP contribution in [0, 0.1) is 0 Å². The van der Waals surface area contributed by atoms with Gasteiger partial charge >= 0.3 is 0 Å². The first-order valence-electron chi connectivity index (χ1n) is 6.34. The van der Waals surface area contributed by atoms with E-state index in [-0.39, 0.29) is 6.61 Å². The van der Waals surface area contributed by atoms with Crippen molar-refractivity contribution in [2.45, 2.75) is 13.0 Å². The Balaban J connectivity index is 1.81. The third kappa shape index (κ3) is 2.71. The van der Waals surface area contributed by atoms with Crippen molar-refractivity contribution in [3.05, 3.63) is 34.6 Å². The third-order valence-electron chi connectivity index (χ3n) is 2.96. The van der Waals surface area contributed by atoms with Crippen LogP contribution in [-0.2, 0) is 13.0 Å². The number of nitrogens with zero attached hydrogens (tertiary/aromatic N) is 3. The first-order chi connectivity index (χ1) is 9.76. The number of fused-ring (bicyclic) bond motifs is 1. The van der Waals surface area contributed by atoms with E-state index < -0.39 is 0 Å². The van der Waals surface area contributed by atoms with Gasteiger partial charge in [-0.1, -0.05) is 16.8 Å². The summed E-state index contributed by atoms with van der Waals surface area (Å²) in [4.78, 5) is 0. The molecule has 0 bridgehead atoms. The van der Waals surface area contributed by atoms with Crippen LogP contribution >= 0.6 is 11.6 Å².